The summed E-state index contributed by atoms with van der Waals surface area (Å²) in [4.78, 5) is 14.3. The second-order valence-electron chi connectivity index (χ2n) is 4.23. The first-order valence-electron chi connectivity index (χ1n) is 5.63. The SMILES string of the molecule is Cc1cc(C)c(Oc2ncc(Br)cc2F)c([N+](=O)[O-])c1. The van der Waals surface area contributed by atoms with Crippen molar-refractivity contribution in [1.82, 2.24) is 4.98 Å². The monoisotopic (exact) mass is 340 g/mol. The molecule has 0 atom stereocenters. The smallest absolute Gasteiger partial charge is 0.312 e. The molecule has 0 saturated carbocycles. The fourth-order valence-electron chi connectivity index (χ4n) is 1.77. The number of nitro benzene ring substituents is 1. The van der Waals surface area contributed by atoms with E-state index in [1.807, 2.05) is 0 Å². The molecule has 0 bridgehead atoms. The third-order valence-electron chi connectivity index (χ3n) is 2.57. The van der Waals surface area contributed by atoms with Gasteiger partial charge in [0.1, 0.15) is 0 Å². The summed E-state index contributed by atoms with van der Waals surface area (Å²) >= 11 is 3.08. The summed E-state index contributed by atoms with van der Waals surface area (Å²) in [5.74, 6) is -1.01. The van der Waals surface area contributed by atoms with Crippen LogP contribution in [0.15, 0.2) is 28.9 Å². The Morgan fingerprint density at radius 2 is 2.05 bits per heavy atom. The number of nitrogens with zero attached hydrogens (tertiary/aromatic N) is 2. The number of rotatable bonds is 3. The van der Waals surface area contributed by atoms with Gasteiger partial charge < -0.3 is 4.74 Å². The lowest BCUT2D eigenvalue weighted by atomic mass is 10.1. The van der Waals surface area contributed by atoms with Gasteiger partial charge in [-0.25, -0.2) is 9.37 Å². The van der Waals surface area contributed by atoms with Gasteiger partial charge in [0.05, 0.1) is 4.92 Å². The minimum Gasteiger partial charge on any atom is -0.429 e. The van der Waals surface area contributed by atoms with E-state index in [1.54, 1.807) is 19.9 Å². The van der Waals surface area contributed by atoms with Crippen molar-refractivity contribution in [3.63, 3.8) is 0 Å². The van der Waals surface area contributed by atoms with Gasteiger partial charge in [-0.15, -0.1) is 0 Å². The summed E-state index contributed by atoms with van der Waals surface area (Å²) in [5.41, 5.74) is 1.05. The first-order valence-corrected chi connectivity index (χ1v) is 6.42. The molecule has 0 amide bonds. The molecule has 0 radical (unpaired) electrons. The molecular formula is C13H10BrFN2O3. The number of ether oxygens (including phenoxy) is 1. The predicted molar refractivity (Wildman–Crippen MR) is 74.5 cm³/mol. The maximum atomic E-state index is 13.7. The summed E-state index contributed by atoms with van der Waals surface area (Å²) in [6.07, 6.45) is 1.35. The molecule has 0 unspecified atom stereocenters. The van der Waals surface area contributed by atoms with Crippen molar-refractivity contribution >= 4 is 21.6 Å². The first-order chi connectivity index (χ1) is 9.38. The molecule has 1 aromatic heterocycles. The molecule has 0 aliphatic rings. The highest BCUT2D eigenvalue weighted by Gasteiger charge is 2.21. The molecular weight excluding hydrogens is 331 g/mol. The number of halogens is 2. The Hall–Kier alpha value is -2.02. The number of aryl methyl sites for hydroxylation is 2. The Kier molecular flexibility index (Phi) is 3.99. The fraction of sp³-hybridized carbons (Fsp3) is 0.154. The van der Waals surface area contributed by atoms with Crippen molar-refractivity contribution in [3.8, 4) is 11.6 Å². The van der Waals surface area contributed by atoms with Crippen LogP contribution in [0.2, 0.25) is 0 Å². The van der Waals surface area contributed by atoms with Gasteiger partial charge in [0.2, 0.25) is 5.75 Å². The number of nitro groups is 1. The molecule has 0 aliphatic heterocycles. The number of hydrogen-bond acceptors (Lipinski definition) is 4. The van der Waals surface area contributed by atoms with Crippen molar-refractivity contribution in [3.05, 3.63) is 55.9 Å². The van der Waals surface area contributed by atoms with E-state index in [4.69, 9.17) is 4.74 Å². The van der Waals surface area contributed by atoms with E-state index >= 15 is 0 Å². The highest BCUT2D eigenvalue weighted by molar-refractivity contribution is 9.10. The van der Waals surface area contributed by atoms with E-state index < -0.39 is 10.7 Å². The first kappa shape index (κ1) is 14.4. The normalized spacial score (nSPS) is 10.4. The van der Waals surface area contributed by atoms with Crippen molar-refractivity contribution < 1.29 is 14.1 Å². The van der Waals surface area contributed by atoms with Crippen LogP contribution in [0.4, 0.5) is 10.1 Å². The topological polar surface area (TPSA) is 65.3 Å². The number of benzene rings is 1. The molecule has 1 aromatic carbocycles. The molecule has 2 rings (SSSR count). The molecule has 7 heteroatoms. The summed E-state index contributed by atoms with van der Waals surface area (Å²) < 4.78 is 19.4. The maximum absolute atomic E-state index is 13.7. The van der Waals surface area contributed by atoms with Crippen molar-refractivity contribution in [2.45, 2.75) is 13.8 Å². The van der Waals surface area contributed by atoms with Crippen LogP contribution in [0.1, 0.15) is 11.1 Å². The third kappa shape index (κ3) is 2.93. The average Bonchev–Trinajstić information content (AvgIpc) is 2.34. The van der Waals surface area contributed by atoms with Crippen LogP contribution in [0.25, 0.3) is 0 Å². The second kappa shape index (κ2) is 5.54. The standard InChI is InChI=1S/C13H10BrFN2O3/c1-7-3-8(2)12(11(4-7)17(18)19)20-13-10(15)5-9(14)6-16-13/h3-6H,1-2H3. The van der Waals surface area contributed by atoms with Crippen LogP contribution in [0.3, 0.4) is 0 Å². The highest BCUT2D eigenvalue weighted by Crippen LogP contribution is 2.36. The van der Waals surface area contributed by atoms with Crippen molar-refractivity contribution in [2.24, 2.45) is 0 Å². The van der Waals surface area contributed by atoms with Crippen LogP contribution in [-0.4, -0.2) is 9.91 Å². The van der Waals surface area contributed by atoms with E-state index in [0.29, 0.717) is 10.0 Å². The summed E-state index contributed by atoms with van der Waals surface area (Å²) in [5, 5.41) is 11.1. The average molecular weight is 341 g/mol. The molecule has 0 saturated heterocycles. The zero-order chi connectivity index (χ0) is 14.9. The fourth-order valence-corrected chi connectivity index (χ4v) is 2.08. The predicted octanol–water partition coefficient (Wildman–Crippen LogP) is 4.30. The zero-order valence-corrected chi connectivity index (χ0v) is 12.3. The molecule has 0 fully saturated rings. The second-order valence-corrected chi connectivity index (χ2v) is 5.15. The van der Waals surface area contributed by atoms with Gasteiger partial charge in [-0.1, -0.05) is 6.07 Å². The summed E-state index contributed by atoms with van der Waals surface area (Å²) in [7, 11) is 0. The number of pyridine rings is 1. The molecule has 2 aromatic rings. The molecule has 104 valence electrons. The lowest BCUT2D eigenvalue weighted by molar-refractivity contribution is -0.385. The van der Waals surface area contributed by atoms with Crippen LogP contribution in [0, 0.1) is 29.8 Å². The van der Waals surface area contributed by atoms with E-state index in [2.05, 4.69) is 20.9 Å². The Bertz CT molecular complexity index is 692. The Balaban J connectivity index is 2.50. The Morgan fingerprint density at radius 3 is 2.65 bits per heavy atom. The quantitative estimate of drug-likeness (QED) is 0.617. The van der Waals surface area contributed by atoms with Crippen molar-refractivity contribution in [1.29, 1.82) is 0 Å². The zero-order valence-electron chi connectivity index (χ0n) is 10.7. The van der Waals surface area contributed by atoms with Gasteiger partial charge in [0.15, 0.2) is 5.82 Å². The number of aromatic nitrogens is 1. The summed E-state index contributed by atoms with van der Waals surface area (Å²) in [6.45, 7) is 3.40. The maximum Gasteiger partial charge on any atom is 0.312 e. The van der Waals surface area contributed by atoms with Crippen molar-refractivity contribution in [2.75, 3.05) is 0 Å². The Labute approximate surface area is 122 Å². The van der Waals surface area contributed by atoms with Gasteiger partial charge in [-0.3, -0.25) is 10.1 Å². The van der Waals surface area contributed by atoms with Gasteiger partial charge >= 0.3 is 5.69 Å². The van der Waals surface area contributed by atoms with E-state index in [9.17, 15) is 14.5 Å². The minimum absolute atomic E-state index is 0.00526. The molecule has 0 spiro atoms. The number of hydrogen-bond donors (Lipinski definition) is 0. The third-order valence-corrected chi connectivity index (χ3v) is 3.00. The van der Waals surface area contributed by atoms with Crippen LogP contribution in [-0.2, 0) is 0 Å². The molecule has 20 heavy (non-hydrogen) atoms. The molecule has 0 N–H and O–H groups in total. The molecule has 5 nitrogen and oxygen atoms in total. The van der Waals surface area contributed by atoms with Gasteiger partial charge in [-0.2, -0.15) is 0 Å². The van der Waals surface area contributed by atoms with Gasteiger partial charge in [0, 0.05) is 16.7 Å². The molecule has 0 aliphatic carbocycles. The molecule has 1 heterocycles. The van der Waals surface area contributed by atoms with Crippen LogP contribution < -0.4 is 4.74 Å². The van der Waals surface area contributed by atoms with E-state index in [1.165, 1.54) is 18.3 Å². The lowest BCUT2D eigenvalue weighted by Gasteiger charge is -2.10. The van der Waals surface area contributed by atoms with E-state index in [0.717, 1.165) is 5.56 Å². The minimum atomic E-state index is -0.700. The van der Waals surface area contributed by atoms with E-state index in [-0.39, 0.29) is 17.3 Å². The van der Waals surface area contributed by atoms with Gasteiger partial charge in [-0.05, 0) is 47.0 Å². The lowest BCUT2D eigenvalue weighted by Crippen LogP contribution is -1.99. The van der Waals surface area contributed by atoms with Crippen LogP contribution in [0.5, 0.6) is 11.6 Å². The highest BCUT2D eigenvalue weighted by atomic mass is 79.9. The largest absolute Gasteiger partial charge is 0.429 e. The van der Waals surface area contributed by atoms with Crippen LogP contribution >= 0.6 is 15.9 Å². The summed E-state index contributed by atoms with van der Waals surface area (Å²) in [6, 6.07) is 4.27. The Morgan fingerprint density at radius 1 is 1.35 bits per heavy atom. The van der Waals surface area contributed by atoms with Gasteiger partial charge in [0.25, 0.3) is 5.88 Å².